The van der Waals surface area contributed by atoms with Gasteiger partial charge in [-0.3, -0.25) is 10.1 Å². The van der Waals surface area contributed by atoms with Gasteiger partial charge < -0.3 is 15.2 Å². The second-order valence-corrected chi connectivity index (χ2v) is 5.35. The van der Waals surface area contributed by atoms with Crippen LogP contribution in [0, 0.1) is 15.9 Å². The number of aliphatic hydroxyl groups is 1. The summed E-state index contributed by atoms with van der Waals surface area (Å²) in [5, 5.41) is 22.2. The number of nitro groups is 1. The van der Waals surface area contributed by atoms with Crippen molar-refractivity contribution in [1.82, 2.24) is 5.32 Å². The summed E-state index contributed by atoms with van der Waals surface area (Å²) in [6.45, 7) is 4.51. The molecule has 1 amide bonds. The van der Waals surface area contributed by atoms with Crippen LogP contribution in [-0.4, -0.2) is 28.3 Å². The molecule has 1 aromatic rings. The number of rotatable bonds is 4. The average molecular weight is 300 g/mol. The minimum atomic E-state index is -1.04. The van der Waals surface area contributed by atoms with Gasteiger partial charge >= 0.3 is 11.8 Å². The van der Waals surface area contributed by atoms with Crippen molar-refractivity contribution in [3.8, 4) is 0 Å². The summed E-state index contributed by atoms with van der Waals surface area (Å²) in [7, 11) is 0. The first kappa shape index (κ1) is 16.8. The number of halogens is 1. The van der Waals surface area contributed by atoms with E-state index in [0.29, 0.717) is 0 Å². The van der Waals surface area contributed by atoms with Gasteiger partial charge in [-0.25, -0.2) is 4.79 Å². The molecule has 0 spiro atoms. The Hall–Kier alpha value is -2.22. The van der Waals surface area contributed by atoms with E-state index in [0.717, 1.165) is 12.1 Å². The Labute approximate surface area is 120 Å². The van der Waals surface area contributed by atoms with E-state index in [1.165, 1.54) is 6.07 Å². The van der Waals surface area contributed by atoms with Gasteiger partial charge in [0, 0.05) is 6.07 Å². The summed E-state index contributed by atoms with van der Waals surface area (Å²) >= 11 is 0. The van der Waals surface area contributed by atoms with Gasteiger partial charge in [0.25, 0.3) is 0 Å². The zero-order valence-electron chi connectivity index (χ0n) is 11.9. The van der Waals surface area contributed by atoms with E-state index in [9.17, 15) is 24.4 Å². The predicted molar refractivity (Wildman–Crippen MR) is 72.3 cm³/mol. The average Bonchev–Trinajstić information content (AvgIpc) is 2.33. The van der Waals surface area contributed by atoms with Crippen LogP contribution in [0.5, 0.6) is 0 Å². The Morgan fingerprint density at radius 1 is 1.52 bits per heavy atom. The Bertz CT molecular complexity index is 542. The maximum absolute atomic E-state index is 13.5. The van der Waals surface area contributed by atoms with E-state index in [-0.39, 0.29) is 5.56 Å². The van der Waals surface area contributed by atoms with E-state index >= 15 is 0 Å². The van der Waals surface area contributed by atoms with Gasteiger partial charge in [-0.2, -0.15) is 4.39 Å². The topological polar surface area (TPSA) is 102 Å². The molecule has 8 heteroatoms. The number of amides is 1. The largest absolute Gasteiger partial charge is 0.444 e. The Kier molecular flexibility index (Phi) is 5.20. The maximum Gasteiger partial charge on any atom is 0.408 e. The van der Waals surface area contributed by atoms with Crippen molar-refractivity contribution >= 4 is 11.8 Å². The Morgan fingerprint density at radius 3 is 2.57 bits per heavy atom. The molecule has 7 nitrogen and oxygen atoms in total. The molecule has 0 aromatic heterocycles. The number of carbonyl (C=O) groups is 1. The van der Waals surface area contributed by atoms with E-state index in [1.54, 1.807) is 20.8 Å². The lowest BCUT2D eigenvalue weighted by Crippen LogP contribution is -2.36. The SMILES string of the molecule is CC(C)(C)OC(=O)N[C@@H](CO)c1ccc([N+](=O)[O-])c(F)c1. The van der Waals surface area contributed by atoms with Crippen LogP contribution < -0.4 is 5.32 Å². The normalized spacial score (nSPS) is 12.6. The van der Waals surface area contributed by atoms with Gasteiger partial charge in [-0.05, 0) is 38.5 Å². The fraction of sp³-hybridized carbons (Fsp3) is 0.462. The van der Waals surface area contributed by atoms with E-state index in [1.807, 2.05) is 0 Å². The third-order valence-corrected chi connectivity index (χ3v) is 2.44. The van der Waals surface area contributed by atoms with Gasteiger partial charge in [0.2, 0.25) is 5.82 Å². The first-order chi connectivity index (χ1) is 9.64. The quantitative estimate of drug-likeness (QED) is 0.656. The van der Waals surface area contributed by atoms with Crippen LogP contribution in [0.15, 0.2) is 18.2 Å². The summed E-state index contributed by atoms with van der Waals surface area (Å²) in [6.07, 6.45) is -0.777. The molecule has 0 unspecified atom stereocenters. The van der Waals surface area contributed by atoms with Crippen molar-refractivity contribution < 1.29 is 24.0 Å². The highest BCUT2D eigenvalue weighted by Gasteiger charge is 2.22. The van der Waals surface area contributed by atoms with Gasteiger partial charge in [-0.1, -0.05) is 0 Å². The monoisotopic (exact) mass is 300 g/mol. The van der Waals surface area contributed by atoms with E-state index in [2.05, 4.69) is 5.32 Å². The highest BCUT2D eigenvalue weighted by atomic mass is 19.1. The van der Waals surface area contributed by atoms with Crippen molar-refractivity contribution in [2.75, 3.05) is 6.61 Å². The van der Waals surface area contributed by atoms with Crippen LogP contribution in [0.1, 0.15) is 32.4 Å². The second kappa shape index (κ2) is 6.49. The Balaban J connectivity index is 2.88. The van der Waals surface area contributed by atoms with Gasteiger partial charge in [0.15, 0.2) is 0 Å². The lowest BCUT2D eigenvalue weighted by atomic mass is 10.1. The van der Waals surface area contributed by atoms with Crippen molar-refractivity contribution in [3.63, 3.8) is 0 Å². The number of aliphatic hydroxyl groups excluding tert-OH is 1. The van der Waals surface area contributed by atoms with E-state index < -0.39 is 40.8 Å². The molecule has 0 aliphatic carbocycles. The molecule has 0 heterocycles. The van der Waals surface area contributed by atoms with Gasteiger partial charge in [0.05, 0.1) is 17.6 Å². The molecule has 0 aliphatic rings. The smallest absolute Gasteiger partial charge is 0.408 e. The molecule has 1 atom stereocenters. The molecule has 0 fully saturated rings. The summed E-state index contributed by atoms with van der Waals surface area (Å²) in [5.41, 5.74) is -1.19. The van der Waals surface area contributed by atoms with E-state index in [4.69, 9.17) is 4.74 Å². The number of benzene rings is 1. The third-order valence-electron chi connectivity index (χ3n) is 2.44. The van der Waals surface area contributed by atoms with Crippen molar-refractivity contribution in [3.05, 3.63) is 39.7 Å². The molecule has 0 radical (unpaired) electrons. The fourth-order valence-electron chi connectivity index (χ4n) is 1.57. The summed E-state index contributed by atoms with van der Waals surface area (Å²) in [4.78, 5) is 21.3. The van der Waals surface area contributed by atoms with Gasteiger partial charge in [-0.15, -0.1) is 0 Å². The van der Waals surface area contributed by atoms with Crippen molar-refractivity contribution in [1.29, 1.82) is 0 Å². The molecule has 1 aromatic carbocycles. The lowest BCUT2D eigenvalue weighted by molar-refractivity contribution is -0.387. The highest BCUT2D eigenvalue weighted by Crippen LogP contribution is 2.22. The maximum atomic E-state index is 13.5. The van der Waals surface area contributed by atoms with Crippen molar-refractivity contribution in [2.45, 2.75) is 32.4 Å². The molecule has 116 valence electrons. The minimum absolute atomic E-state index is 0.200. The standard InChI is InChI=1S/C13H17FN2O5/c1-13(2,3)21-12(18)15-10(7-17)8-4-5-11(16(19)20)9(14)6-8/h4-6,10,17H,7H2,1-3H3,(H,15,18)/t10-/m0/s1. The lowest BCUT2D eigenvalue weighted by Gasteiger charge is -2.23. The summed E-state index contributed by atoms with van der Waals surface area (Å²) in [6, 6.07) is 2.22. The number of alkyl carbamates (subject to hydrolysis) is 1. The molecule has 0 bridgehead atoms. The summed E-state index contributed by atoms with van der Waals surface area (Å²) in [5.74, 6) is -1.04. The zero-order valence-corrected chi connectivity index (χ0v) is 11.9. The number of nitrogens with zero attached hydrogens (tertiary/aromatic N) is 1. The molecule has 0 saturated carbocycles. The zero-order chi connectivity index (χ0) is 16.2. The molecule has 1 rings (SSSR count). The fourth-order valence-corrected chi connectivity index (χ4v) is 1.57. The molecular weight excluding hydrogens is 283 g/mol. The molecule has 21 heavy (non-hydrogen) atoms. The number of nitro benzene ring substituents is 1. The molecule has 0 saturated heterocycles. The van der Waals surface area contributed by atoms with Crippen LogP contribution in [0.3, 0.4) is 0 Å². The van der Waals surface area contributed by atoms with Crippen LogP contribution in [0.25, 0.3) is 0 Å². The van der Waals surface area contributed by atoms with Crippen LogP contribution in [-0.2, 0) is 4.74 Å². The predicted octanol–water partition coefficient (Wildman–Crippen LogP) is 2.29. The minimum Gasteiger partial charge on any atom is -0.444 e. The van der Waals surface area contributed by atoms with Crippen LogP contribution >= 0.6 is 0 Å². The molecular formula is C13H17FN2O5. The number of hydrogen-bond donors (Lipinski definition) is 2. The summed E-state index contributed by atoms with van der Waals surface area (Å²) < 4.78 is 18.6. The molecule has 2 N–H and O–H groups in total. The second-order valence-electron chi connectivity index (χ2n) is 5.35. The molecule has 0 aliphatic heterocycles. The van der Waals surface area contributed by atoms with Gasteiger partial charge in [0.1, 0.15) is 5.60 Å². The Morgan fingerprint density at radius 2 is 2.14 bits per heavy atom. The number of carbonyl (C=O) groups excluding carboxylic acids is 1. The first-order valence-corrected chi connectivity index (χ1v) is 6.18. The third kappa shape index (κ3) is 4.99. The number of ether oxygens (including phenoxy) is 1. The number of nitrogens with one attached hydrogen (secondary N) is 1. The first-order valence-electron chi connectivity index (χ1n) is 6.18. The van der Waals surface area contributed by atoms with Crippen LogP contribution in [0.2, 0.25) is 0 Å². The highest BCUT2D eigenvalue weighted by molar-refractivity contribution is 5.68. The van der Waals surface area contributed by atoms with Crippen LogP contribution in [0.4, 0.5) is 14.9 Å². The van der Waals surface area contributed by atoms with Crippen molar-refractivity contribution in [2.24, 2.45) is 0 Å². The number of hydrogen-bond acceptors (Lipinski definition) is 5.